The number of anilines is 1. The Morgan fingerprint density at radius 3 is 2.61 bits per heavy atom. The molecule has 0 amide bonds. The monoisotopic (exact) mass is 312 g/mol. The molecule has 118 valence electrons. The first-order valence-electron chi connectivity index (χ1n) is 7.42. The van der Waals surface area contributed by atoms with Gasteiger partial charge in [0, 0.05) is 6.54 Å². The minimum Gasteiger partial charge on any atom is -0.383 e. The largest absolute Gasteiger partial charge is 0.383 e. The first kappa shape index (κ1) is 15.4. The molecule has 1 aromatic carbocycles. The SMILES string of the molecule is Cc1nnc(N2CCC(O)(c3ccc(F)cc3)C2)c(C#N)c1C. The predicted octanol–water partition coefficient (Wildman–Crippen LogP) is 2.20. The van der Waals surface area contributed by atoms with E-state index in [1.54, 1.807) is 12.1 Å². The highest BCUT2D eigenvalue weighted by Crippen LogP contribution is 2.35. The molecule has 0 radical (unpaired) electrons. The average Bonchev–Trinajstić information content (AvgIpc) is 2.94. The van der Waals surface area contributed by atoms with Crippen molar-refractivity contribution in [1.82, 2.24) is 10.2 Å². The maximum absolute atomic E-state index is 13.1. The van der Waals surface area contributed by atoms with E-state index in [-0.39, 0.29) is 5.82 Å². The fourth-order valence-corrected chi connectivity index (χ4v) is 2.92. The van der Waals surface area contributed by atoms with E-state index in [1.165, 1.54) is 12.1 Å². The molecule has 1 unspecified atom stereocenters. The average molecular weight is 312 g/mol. The quantitative estimate of drug-likeness (QED) is 0.920. The summed E-state index contributed by atoms with van der Waals surface area (Å²) in [4.78, 5) is 1.86. The second-order valence-corrected chi connectivity index (χ2v) is 5.93. The van der Waals surface area contributed by atoms with Crippen LogP contribution in [-0.2, 0) is 5.60 Å². The first-order valence-corrected chi connectivity index (χ1v) is 7.42. The van der Waals surface area contributed by atoms with Crippen molar-refractivity contribution in [2.75, 3.05) is 18.0 Å². The summed E-state index contributed by atoms with van der Waals surface area (Å²) in [5.41, 5.74) is 1.59. The van der Waals surface area contributed by atoms with Gasteiger partial charge in [-0.25, -0.2) is 4.39 Å². The van der Waals surface area contributed by atoms with Gasteiger partial charge in [0.05, 0.1) is 12.2 Å². The number of hydrogen-bond acceptors (Lipinski definition) is 5. The lowest BCUT2D eigenvalue weighted by Gasteiger charge is -2.25. The molecule has 0 bridgehead atoms. The number of hydrogen-bond donors (Lipinski definition) is 1. The Kier molecular flexibility index (Phi) is 3.74. The number of aryl methyl sites for hydroxylation is 1. The zero-order valence-electron chi connectivity index (χ0n) is 13.0. The van der Waals surface area contributed by atoms with Crippen LogP contribution in [0.1, 0.15) is 28.8 Å². The van der Waals surface area contributed by atoms with E-state index in [9.17, 15) is 14.8 Å². The van der Waals surface area contributed by atoms with Gasteiger partial charge in [-0.2, -0.15) is 10.4 Å². The fraction of sp³-hybridized carbons (Fsp3) is 0.353. The number of aliphatic hydroxyl groups is 1. The lowest BCUT2D eigenvalue weighted by Crippen LogP contribution is -2.31. The van der Waals surface area contributed by atoms with Crippen molar-refractivity contribution in [2.24, 2.45) is 0 Å². The molecule has 1 fully saturated rings. The van der Waals surface area contributed by atoms with Crippen molar-refractivity contribution in [3.63, 3.8) is 0 Å². The van der Waals surface area contributed by atoms with Crippen LogP contribution in [-0.4, -0.2) is 28.4 Å². The third-order valence-corrected chi connectivity index (χ3v) is 4.48. The summed E-state index contributed by atoms with van der Waals surface area (Å²) in [5, 5.41) is 28.5. The topological polar surface area (TPSA) is 73.0 Å². The highest BCUT2D eigenvalue weighted by Gasteiger charge is 2.39. The zero-order valence-corrected chi connectivity index (χ0v) is 13.0. The van der Waals surface area contributed by atoms with Crippen LogP contribution in [0.3, 0.4) is 0 Å². The van der Waals surface area contributed by atoms with Gasteiger partial charge in [-0.05, 0) is 43.5 Å². The van der Waals surface area contributed by atoms with Crippen LogP contribution >= 0.6 is 0 Å². The number of nitriles is 1. The number of halogens is 1. The van der Waals surface area contributed by atoms with Crippen LogP contribution < -0.4 is 4.90 Å². The smallest absolute Gasteiger partial charge is 0.169 e. The van der Waals surface area contributed by atoms with E-state index in [2.05, 4.69) is 16.3 Å². The minimum absolute atomic E-state index is 0.296. The van der Waals surface area contributed by atoms with Gasteiger partial charge in [0.15, 0.2) is 5.82 Å². The van der Waals surface area contributed by atoms with Crippen molar-refractivity contribution >= 4 is 5.82 Å². The molecule has 0 saturated carbocycles. The van der Waals surface area contributed by atoms with E-state index >= 15 is 0 Å². The van der Waals surface area contributed by atoms with Crippen LogP contribution in [0.2, 0.25) is 0 Å². The van der Waals surface area contributed by atoms with Gasteiger partial charge in [-0.1, -0.05) is 12.1 Å². The van der Waals surface area contributed by atoms with Crippen molar-refractivity contribution in [3.05, 3.63) is 52.5 Å². The molecule has 0 spiro atoms. The molecular weight excluding hydrogens is 295 g/mol. The zero-order chi connectivity index (χ0) is 16.6. The van der Waals surface area contributed by atoms with Crippen molar-refractivity contribution < 1.29 is 9.50 Å². The summed E-state index contributed by atoms with van der Waals surface area (Å²) in [7, 11) is 0. The van der Waals surface area contributed by atoms with Crippen LogP contribution in [0.25, 0.3) is 0 Å². The second-order valence-electron chi connectivity index (χ2n) is 5.93. The maximum atomic E-state index is 13.1. The first-order chi connectivity index (χ1) is 10.9. The number of rotatable bonds is 2. The lowest BCUT2D eigenvalue weighted by molar-refractivity contribution is 0.0605. The molecule has 1 N–H and O–H groups in total. The molecule has 1 saturated heterocycles. The summed E-state index contributed by atoms with van der Waals surface area (Å²) in [6, 6.07) is 8.05. The van der Waals surface area contributed by atoms with Crippen molar-refractivity contribution in [3.8, 4) is 6.07 Å². The molecule has 2 heterocycles. The van der Waals surface area contributed by atoms with Gasteiger partial charge in [0.2, 0.25) is 0 Å². The number of nitrogens with zero attached hydrogens (tertiary/aromatic N) is 4. The molecule has 23 heavy (non-hydrogen) atoms. The molecule has 1 aliphatic rings. The fourth-order valence-electron chi connectivity index (χ4n) is 2.92. The van der Waals surface area contributed by atoms with Gasteiger partial charge in [-0.3, -0.25) is 0 Å². The molecule has 6 heteroatoms. The van der Waals surface area contributed by atoms with Crippen LogP contribution in [0.15, 0.2) is 24.3 Å². The summed E-state index contributed by atoms with van der Waals surface area (Å²) in [5.74, 6) is 0.160. The minimum atomic E-state index is -1.08. The summed E-state index contributed by atoms with van der Waals surface area (Å²) >= 11 is 0. The highest BCUT2D eigenvalue weighted by molar-refractivity contribution is 5.58. The summed E-state index contributed by atoms with van der Waals surface area (Å²) in [6.45, 7) is 4.50. The summed E-state index contributed by atoms with van der Waals surface area (Å²) < 4.78 is 13.1. The third-order valence-electron chi connectivity index (χ3n) is 4.48. The van der Waals surface area contributed by atoms with Gasteiger partial charge >= 0.3 is 0 Å². The Bertz CT molecular complexity index is 784. The molecule has 1 aliphatic heterocycles. The van der Waals surface area contributed by atoms with Crippen LogP contribution in [0.5, 0.6) is 0 Å². The number of aromatic nitrogens is 2. The highest BCUT2D eigenvalue weighted by atomic mass is 19.1. The number of benzene rings is 1. The van der Waals surface area contributed by atoms with E-state index in [0.717, 1.165) is 11.3 Å². The van der Waals surface area contributed by atoms with Crippen LogP contribution in [0, 0.1) is 31.0 Å². The van der Waals surface area contributed by atoms with E-state index in [0.29, 0.717) is 36.5 Å². The molecular formula is C17H17FN4O. The Labute approximate surface area is 134 Å². The predicted molar refractivity (Wildman–Crippen MR) is 83.3 cm³/mol. The van der Waals surface area contributed by atoms with E-state index in [1.807, 2.05) is 18.7 Å². The number of β-amino-alcohol motifs (C(OH)–C–C–N with tert-alkyl or cyclic N) is 1. The molecule has 1 aromatic heterocycles. The van der Waals surface area contributed by atoms with Crippen molar-refractivity contribution in [1.29, 1.82) is 5.26 Å². The van der Waals surface area contributed by atoms with Gasteiger partial charge < -0.3 is 10.0 Å². The molecule has 0 aliphatic carbocycles. The normalized spacial score (nSPS) is 20.6. The molecule has 5 nitrogen and oxygen atoms in total. The maximum Gasteiger partial charge on any atom is 0.169 e. The van der Waals surface area contributed by atoms with Crippen LogP contribution in [0.4, 0.5) is 10.2 Å². The van der Waals surface area contributed by atoms with Gasteiger partial charge in [-0.15, -0.1) is 5.10 Å². The Morgan fingerprint density at radius 1 is 1.26 bits per heavy atom. The van der Waals surface area contributed by atoms with E-state index < -0.39 is 5.60 Å². The third kappa shape index (κ3) is 2.64. The standard InChI is InChI=1S/C17H17FN4O/c1-11-12(2)20-21-16(15(11)9-19)22-8-7-17(23,10-22)13-3-5-14(18)6-4-13/h3-6,23H,7-8,10H2,1-2H3. The van der Waals surface area contributed by atoms with Gasteiger partial charge in [0.1, 0.15) is 23.1 Å². The lowest BCUT2D eigenvalue weighted by atomic mass is 9.93. The molecule has 2 aromatic rings. The van der Waals surface area contributed by atoms with Crippen molar-refractivity contribution in [2.45, 2.75) is 25.9 Å². The molecule has 1 atom stereocenters. The summed E-state index contributed by atoms with van der Waals surface area (Å²) in [6.07, 6.45) is 0.484. The Morgan fingerprint density at radius 2 is 1.96 bits per heavy atom. The Hall–Kier alpha value is -2.52. The Balaban J connectivity index is 1.93. The van der Waals surface area contributed by atoms with Gasteiger partial charge in [0.25, 0.3) is 0 Å². The molecule has 3 rings (SSSR count). The second kappa shape index (κ2) is 5.60. The van der Waals surface area contributed by atoms with E-state index in [4.69, 9.17) is 0 Å².